The van der Waals surface area contributed by atoms with E-state index >= 15 is 0 Å². The third-order valence-corrected chi connectivity index (χ3v) is 7.18. The van der Waals surface area contributed by atoms with Crippen LogP contribution >= 0.6 is 11.3 Å². The minimum absolute atomic E-state index is 0.0475. The van der Waals surface area contributed by atoms with Gasteiger partial charge in [-0.05, 0) is 73.3 Å². The number of fused-ring (bicyclic) bond motifs is 1. The maximum atomic E-state index is 11.6. The topological polar surface area (TPSA) is 78.4 Å². The molecule has 29 heavy (non-hydrogen) atoms. The Labute approximate surface area is 177 Å². The number of rotatable bonds is 6. The number of likely N-dealkylation sites (tertiary alicyclic amines) is 1. The Bertz CT molecular complexity index is 983. The molecule has 6 nitrogen and oxygen atoms in total. The molecule has 4 rings (SSSR count). The predicted molar refractivity (Wildman–Crippen MR) is 116 cm³/mol. The van der Waals surface area contributed by atoms with Gasteiger partial charge >= 0.3 is 0 Å². The number of benzene rings is 1. The highest BCUT2D eigenvalue weighted by Gasteiger charge is 2.25. The van der Waals surface area contributed by atoms with E-state index < -0.39 is 11.2 Å². The standard InChI is InChI=1S/C21H23N3O3S2/c1-14(15-9-11-24(13-25)12-10-15)27-21-23-19-8-7-18(22-20(19)28-21)16-3-5-17(6-4-16)29(2)26/h3-8,13-15H,9-12H2,1-2H3. The summed E-state index contributed by atoms with van der Waals surface area (Å²) in [4.78, 5) is 23.6. The molecule has 2 aromatic heterocycles. The number of thiazole rings is 1. The van der Waals surface area contributed by atoms with E-state index in [1.807, 2.05) is 41.3 Å². The summed E-state index contributed by atoms with van der Waals surface area (Å²) in [6.07, 6.45) is 4.54. The maximum Gasteiger partial charge on any atom is 0.276 e. The first-order valence-electron chi connectivity index (χ1n) is 9.61. The molecule has 0 radical (unpaired) electrons. The highest BCUT2D eigenvalue weighted by Crippen LogP contribution is 2.31. The molecule has 3 heterocycles. The lowest BCUT2D eigenvalue weighted by atomic mass is 9.92. The summed E-state index contributed by atoms with van der Waals surface area (Å²) in [5.41, 5.74) is 2.66. The summed E-state index contributed by atoms with van der Waals surface area (Å²) in [5, 5.41) is 0.631. The average molecular weight is 430 g/mol. The number of amides is 1. The number of aromatic nitrogens is 2. The number of pyridine rings is 1. The van der Waals surface area contributed by atoms with E-state index in [1.165, 1.54) is 11.3 Å². The van der Waals surface area contributed by atoms with Crippen LogP contribution in [0.15, 0.2) is 41.3 Å². The Balaban J connectivity index is 1.47. The molecule has 1 saturated heterocycles. The smallest absolute Gasteiger partial charge is 0.276 e. The van der Waals surface area contributed by atoms with E-state index in [1.54, 1.807) is 6.26 Å². The lowest BCUT2D eigenvalue weighted by Gasteiger charge is -2.32. The Morgan fingerprint density at radius 3 is 2.59 bits per heavy atom. The highest BCUT2D eigenvalue weighted by atomic mass is 32.2. The van der Waals surface area contributed by atoms with Gasteiger partial charge in [0.25, 0.3) is 5.19 Å². The first-order valence-corrected chi connectivity index (χ1v) is 12.0. The number of hydrogen-bond donors (Lipinski definition) is 0. The fraction of sp³-hybridized carbons (Fsp3) is 0.381. The quantitative estimate of drug-likeness (QED) is 0.441. The molecule has 8 heteroatoms. The van der Waals surface area contributed by atoms with Crippen LogP contribution in [0.5, 0.6) is 5.19 Å². The Morgan fingerprint density at radius 1 is 1.21 bits per heavy atom. The largest absolute Gasteiger partial charge is 0.612 e. The second-order valence-electron chi connectivity index (χ2n) is 7.28. The Kier molecular flexibility index (Phi) is 6.03. The van der Waals surface area contributed by atoms with Crippen LogP contribution in [0, 0.1) is 5.92 Å². The van der Waals surface area contributed by atoms with Crippen molar-refractivity contribution in [2.75, 3.05) is 19.3 Å². The third kappa shape index (κ3) is 4.55. The molecule has 1 aliphatic rings. The fourth-order valence-corrected chi connectivity index (χ4v) is 4.97. The molecule has 0 saturated carbocycles. The van der Waals surface area contributed by atoms with Gasteiger partial charge in [-0.25, -0.2) is 9.97 Å². The zero-order valence-electron chi connectivity index (χ0n) is 16.4. The molecule has 152 valence electrons. The second kappa shape index (κ2) is 8.69. The predicted octanol–water partition coefficient (Wildman–Crippen LogP) is 3.73. The molecule has 1 aliphatic heterocycles. The van der Waals surface area contributed by atoms with Gasteiger partial charge in [0.15, 0.2) is 4.90 Å². The molecular formula is C21H23N3O3S2. The molecule has 0 aliphatic carbocycles. The second-order valence-corrected chi connectivity index (χ2v) is 9.60. The van der Waals surface area contributed by atoms with Crippen molar-refractivity contribution >= 4 is 39.3 Å². The number of hydrogen-bond acceptors (Lipinski definition) is 6. The van der Waals surface area contributed by atoms with Crippen molar-refractivity contribution in [3.8, 4) is 16.5 Å². The molecule has 1 fully saturated rings. The number of piperidine rings is 1. The van der Waals surface area contributed by atoms with E-state index in [9.17, 15) is 9.35 Å². The minimum atomic E-state index is -0.988. The number of carbonyl (C=O) groups excluding carboxylic acids is 1. The molecule has 2 unspecified atom stereocenters. The van der Waals surface area contributed by atoms with Gasteiger partial charge in [0.05, 0.1) is 5.69 Å². The van der Waals surface area contributed by atoms with E-state index in [4.69, 9.17) is 9.72 Å². The SMILES string of the molecule is CC(Oc1nc2ccc(-c3ccc([S+](C)[O-])cc3)nc2s1)C1CCN(C=O)CC1. The fourth-order valence-electron chi connectivity index (χ4n) is 3.58. The van der Waals surface area contributed by atoms with Gasteiger partial charge < -0.3 is 14.2 Å². The lowest BCUT2D eigenvalue weighted by Crippen LogP contribution is -2.37. The van der Waals surface area contributed by atoms with Gasteiger partial charge in [0, 0.05) is 18.7 Å². The van der Waals surface area contributed by atoms with Crippen LogP contribution in [0.3, 0.4) is 0 Å². The van der Waals surface area contributed by atoms with E-state index in [-0.39, 0.29) is 6.10 Å². The van der Waals surface area contributed by atoms with Gasteiger partial charge in [-0.1, -0.05) is 11.3 Å². The van der Waals surface area contributed by atoms with Crippen molar-refractivity contribution in [1.29, 1.82) is 0 Å². The van der Waals surface area contributed by atoms with Crippen molar-refractivity contribution in [2.45, 2.75) is 30.8 Å². The molecular weight excluding hydrogens is 406 g/mol. The van der Waals surface area contributed by atoms with Crippen LogP contribution in [0.2, 0.25) is 0 Å². The van der Waals surface area contributed by atoms with Crippen molar-refractivity contribution in [3.63, 3.8) is 0 Å². The summed E-state index contributed by atoms with van der Waals surface area (Å²) in [7, 11) is 0. The average Bonchev–Trinajstić information content (AvgIpc) is 3.15. The van der Waals surface area contributed by atoms with Gasteiger partial charge in [-0.2, -0.15) is 0 Å². The summed E-state index contributed by atoms with van der Waals surface area (Å²) < 4.78 is 17.7. The summed E-state index contributed by atoms with van der Waals surface area (Å²) in [5.74, 6) is 0.421. The van der Waals surface area contributed by atoms with Gasteiger partial charge in [0.2, 0.25) is 6.41 Å². The number of nitrogens with zero attached hydrogens (tertiary/aromatic N) is 3. The Morgan fingerprint density at radius 2 is 1.93 bits per heavy atom. The molecule has 0 N–H and O–H groups in total. The van der Waals surface area contributed by atoms with E-state index in [0.29, 0.717) is 11.1 Å². The summed E-state index contributed by atoms with van der Waals surface area (Å²) >= 11 is 0.464. The van der Waals surface area contributed by atoms with Crippen LogP contribution in [-0.2, 0) is 16.0 Å². The Hall–Kier alpha value is -2.16. The van der Waals surface area contributed by atoms with Gasteiger partial charge in [-0.3, -0.25) is 4.79 Å². The van der Waals surface area contributed by atoms with E-state index in [2.05, 4.69) is 11.9 Å². The number of ether oxygens (including phenoxy) is 1. The van der Waals surface area contributed by atoms with Crippen LogP contribution in [0.25, 0.3) is 21.6 Å². The molecule has 0 bridgehead atoms. The van der Waals surface area contributed by atoms with Crippen LogP contribution in [-0.4, -0.2) is 51.3 Å². The molecule has 2 atom stereocenters. The lowest BCUT2D eigenvalue weighted by molar-refractivity contribution is -0.119. The first kappa shape index (κ1) is 20.1. The maximum absolute atomic E-state index is 11.6. The molecule has 0 spiro atoms. The van der Waals surface area contributed by atoms with Crippen molar-refractivity contribution < 1.29 is 14.1 Å². The highest BCUT2D eigenvalue weighted by molar-refractivity contribution is 7.90. The normalized spacial score (nSPS) is 17.3. The van der Waals surface area contributed by atoms with Crippen molar-refractivity contribution in [3.05, 3.63) is 36.4 Å². The minimum Gasteiger partial charge on any atom is -0.612 e. The van der Waals surface area contributed by atoms with Gasteiger partial charge in [0.1, 0.15) is 22.7 Å². The van der Waals surface area contributed by atoms with Crippen molar-refractivity contribution in [2.24, 2.45) is 5.92 Å². The molecule has 1 amide bonds. The monoisotopic (exact) mass is 429 g/mol. The van der Waals surface area contributed by atoms with Crippen LogP contribution in [0.1, 0.15) is 19.8 Å². The zero-order chi connectivity index (χ0) is 20.4. The first-order chi connectivity index (χ1) is 14.0. The van der Waals surface area contributed by atoms with Crippen LogP contribution < -0.4 is 4.74 Å². The zero-order valence-corrected chi connectivity index (χ0v) is 18.0. The molecule has 3 aromatic rings. The summed E-state index contributed by atoms with van der Waals surface area (Å²) in [6.45, 7) is 3.65. The summed E-state index contributed by atoms with van der Waals surface area (Å²) in [6, 6.07) is 11.5. The van der Waals surface area contributed by atoms with E-state index in [0.717, 1.165) is 58.8 Å². The third-order valence-electron chi connectivity index (χ3n) is 5.39. The van der Waals surface area contributed by atoms with Crippen molar-refractivity contribution in [1.82, 2.24) is 14.9 Å². The number of carbonyl (C=O) groups is 1. The van der Waals surface area contributed by atoms with Crippen LogP contribution in [0.4, 0.5) is 0 Å². The van der Waals surface area contributed by atoms with Gasteiger partial charge in [-0.15, -0.1) is 0 Å². The molecule has 1 aromatic carbocycles.